The predicted octanol–water partition coefficient (Wildman–Crippen LogP) is 3.26. The molecule has 1 rings (SSSR count). The maximum Gasteiger partial charge on any atom is 0.233 e. The van der Waals surface area contributed by atoms with E-state index in [-0.39, 0.29) is 11.7 Å². The second-order valence-electron chi connectivity index (χ2n) is 4.55. The maximum atomic E-state index is 12.0. The standard InChI is InChI=1S/C13H20ClNO2S/c1-3-6-12-7-4-5-8-13(12)15-18(16,17)10-11(2)9-14/h4-5,7-8,11,15H,3,6,9-10H2,1-2H3. The van der Waals surface area contributed by atoms with Crippen molar-refractivity contribution in [3.63, 3.8) is 0 Å². The lowest BCUT2D eigenvalue weighted by molar-refractivity contribution is 0.588. The summed E-state index contributed by atoms with van der Waals surface area (Å²) in [6, 6.07) is 7.51. The van der Waals surface area contributed by atoms with Gasteiger partial charge >= 0.3 is 0 Å². The molecule has 5 heteroatoms. The van der Waals surface area contributed by atoms with Gasteiger partial charge < -0.3 is 0 Å². The molecule has 0 aliphatic rings. The highest BCUT2D eigenvalue weighted by molar-refractivity contribution is 7.92. The molecule has 0 aliphatic carbocycles. The Kier molecular flexibility index (Phi) is 5.96. The Bertz CT molecular complexity index is 474. The van der Waals surface area contributed by atoms with Gasteiger partial charge in [0.25, 0.3) is 0 Å². The zero-order valence-electron chi connectivity index (χ0n) is 10.8. The number of para-hydroxylation sites is 1. The summed E-state index contributed by atoms with van der Waals surface area (Å²) in [5.41, 5.74) is 1.71. The van der Waals surface area contributed by atoms with Crippen LogP contribution in [0.3, 0.4) is 0 Å². The molecule has 1 N–H and O–H groups in total. The van der Waals surface area contributed by atoms with Gasteiger partial charge in [-0.2, -0.15) is 0 Å². The number of halogens is 1. The van der Waals surface area contributed by atoms with Crippen molar-refractivity contribution in [3.05, 3.63) is 29.8 Å². The number of hydrogen-bond acceptors (Lipinski definition) is 2. The first kappa shape index (κ1) is 15.3. The van der Waals surface area contributed by atoms with E-state index in [0.717, 1.165) is 18.4 Å². The van der Waals surface area contributed by atoms with Crippen molar-refractivity contribution >= 4 is 27.3 Å². The molecular weight excluding hydrogens is 270 g/mol. The van der Waals surface area contributed by atoms with E-state index < -0.39 is 10.0 Å². The van der Waals surface area contributed by atoms with E-state index in [1.165, 1.54) is 0 Å². The minimum Gasteiger partial charge on any atom is -0.283 e. The zero-order valence-corrected chi connectivity index (χ0v) is 12.4. The van der Waals surface area contributed by atoms with Crippen molar-refractivity contribution in [2.45, 2.75) is 26.7 Å². The second-order valence-corrected chi connectivity index (χ2v) is 6.63. The lowest BCUT2D eigenvalue weighted by Gasteiger charge is -2.14. The fourth-order valence-corrected chi connectivity index (χ4v) is 3.46. The van der Waals surface area contributed by atoms with Gasteiger partial charge in [-0.15, -0.1) is 11.6 Å². The van der Waals surface area contributed by atoms with E-state index in [2.05, 4.69) is 11.6 Å². The number of alkyl halides is 1. The highest BCUT2D eigenvalue weighted by Gasteiger charge is 2.16. The van der Waals surface area contributed by atoms with Crippen LogP contribution in [0.1, 0.15) is 25.8 Å². The van der Waals surface area contributed by atoms with Crippen molar-refractivity contribution < 1.29 is 8.42 Å². The third-order valence-electron chi connectivity index (χ3n) is 2.57. The number of sulfonamides is 1. The number of anilines is 1. The molecule has 0 amide bonds. The van der Waals surface area contributed by atoms with Crippen LogP contribution in [0.4, 0.5) is 5.69 Å². The summed E-state index contributed by atoms with van der Waals surface area (Å²) in [7, 11) is -3.32. The van der Waals surface area contributed by atoms with E-state index >= 15 is 0 Å². The number of nitrogens with one attached hydrogen (secondary N) is 1. The smallest absolute Gasteiger partial charge is 0.233 e. The Hall–Kier alpha value is -0.740. The Morgan fingerprint density at radius 1 is 1.33 bits per heavy atom. The zero-order chi connectivity index (χ0) is 13.6. The highest BCUT2D eigenvalue weighted by Crippen LogP contribution is 2.19. The molecule has 0 aliphatic heterocycles. The average molecular weight is 290 g/mol. The van der Waals surface area contributed by atoms with Crippen LogP contribution in [0.5, 0.6) is 0 Å². The normalized spacial score (nSPS) is 13.3. The monoisotopic (exact) mass is 289 g/mol. The van der Waals surface area contributed by atoms with Crippen LogP contribution in [0, 0.1) is 5.92 Å². The molecule has 3 nitrogen and oxygen atoms in total. The van der Waals surface area contributed by atoms with Crippen LogP contribution in [-0.4, -0.2) is 20.1 Å². The van der Waals surface area contributed by atoms with Crippen LogP contribution < -0.4 is 4.72 Å². The Morgan fingerprint density at radius 2 is 2.00 bits per heavy atom. The van der Waals surface area contributed by atoms with E-state index in [4.69, 9.17) is 11.6 Å². The SMILES string of the molecule is CCCc1ccccc1NS(=O)(=O)CC(C)CCl. The molecule has 0 spiro atoms. The Labute approximate surface area is 115 Å². The summed E-state index contributed by atoms with van der Waals surface area (Å²) in [5.74, 6) is 0.344. The highest BCUT2D eigenvalue weighted by atomic mass is 35.5. The summed E-state index contributed by atoms with van der Waals surface area (Å²) in [4.78, 5) is 0. The molecule has 0 saturated heterocycles. The molecule has 1 unspecified atom stereocenters. The van der Waals surface area contributed by atoms with Crippen LogP contribution in [-0.2, 0) is 16.4 Å². The Morgan fingerprint density at radius 3 is 2.61 bits per heavy atom. The topological polar surface area (TPSA) is 46.2 Å². The molecular formula is C13H20ClNO2S. The first-order chi connectivity index (χ1) is 8.48. The third kappa shape index (κ3) is 4.86. The first-order valence-corrected chi connectivity index (χ1v) is 8.31. The van der Waals surface area contributed by atoms with Gasteiger partial charge in [0.2, 0.25) is 10.0 Å². The van der Waals surface area contributed by atoms with Crippen LogP contribution in [0.15, 0.2) is 24.3 Å². The first-order valence-electron chi connectivity index (χ1n) is 6.13. The van der Waals surface area contributed by atoms with Crippen LogP contribution in [0.2, 0.25) is 0 Å². The second kappa shape index (κ2) is 7.00. The average Bonchev–Trinajstić information content (AvgIpc) is 2.31. The quantitative estimate of drug-likeness (QED) is 0.783. The summed E-state index contributed by atoms with van der Waals surface area (Å²) in [5, 5.41) is 0. The molecule has 0 saturated carbocycles. The van der Waals surface area contributed by atoms with Gasteiger partial charge in [-0.05, 0) is 24.0 Å². The van der Waals surface area contributed by atoms with Crippen LogP contribution >= 0.6 is 11.6 Å². The third-order valence-corrected chi connectivity index (χ3v) is 4.64. The number of benzene rings is 1. The number of rotatable bonds is 7. The predicted molar refractivity (Wildman–Crippen MR) is 77.7 cm³/mol. The van der Waals surface area contributed by atoms with Gasteiger partial charge in [0, 0.05) is 5.88 Å². The minimum atomic E-state index is -3.32. The van der Waals surface area contributed by atoms with Gasteiger partial charge in [0.05, 0.1) is 11.4 Å². The molecule has 0 radical (unpaired) electrons. The van der Waals surface area contributed by atoms with Crippen LogP contribution in [0.25, 0.3) is 0 Å². The molecule has 18 heavy (non-hydrogen) atoms. The van der Waals surface area contributed by atoms with Gasteiger partial charge in [0.1, 0.15) is 0 Å². The van der Waals surface area contributed by atoms with Gasteiger partial charge in [0.15, 0.2) is 0 Å². The summed E-state index contributed by atoms with van der Waals surface area (Å²) in [6.45, 7) is 3.89. The summed E-state index contributed by atoms with van der Waals surface area (Å²) < 4.78 is 26.6. The van der Waals surface area contributed by atoms with Gasteiger partial charge in [-0.1, -0.05) is 38.5 Å². The molecule has 1 atom stereocenters. The van der Waals surface area contributed by atoms with Crippen molar-refractivity contribution in [3.8, 4) is 0 Å². The molecule has 0 bridgehead atoms. The minimum absolute atomic E-state index is 0.0525. The Balaban J connectivity index is 2.83. The molecule has 1 aromatic rings. The lowest BCUT2D eigenvalue weighted by atomic mass is 10.1. The fraction of sp³-hybridized carbons (Fsp3) is 0.538. The molecule has 102 valence electrons. The summed E-state index contributed by atoms with van der Waals surface area (Å²) >= 11 is 5.65. The van der Waals surface area contributed by atoms with Crippen molar-refractivity contribution in [1.29, 1.82) is 0 Å². The van der Waals surface area contributed by atoms with E-state index in [1.807, 2.05) is 25.1 Å². The van der Waals surface area contributed by atoms with Gasteiger partial charge in [-0.3, -0.25) is 4.72 Å². The van der Waals surface area contributed by atoms with Crippen molar-refractivity contribution in [1.82, 2.24) is 0 Å². The summed E-state index contributed by atoms with van der Waals surface area (Å²) in [6.07, 6.45) is 1.85. The fourth-order valence-electron chi connectivity index (χ4n) is 1.74. The molecule has 0 heterocycles. The molecule has 0 aromatic heterocycles. The maximum absolute atomic E-state index is 12.0. The number of hydrogen-bond donors (Lipinski definition) is 1. The molecule has 1 aromatic carbocycles. The van der Waals surface area contributed by atoms with E-state index in [1.54, 1.807) is 6.07 Å². The lowest BCUT2D eigenvalue weighted by Crippen LogP contribution is -2.22. The van der Waals surface area contributed by atoms with E-state index in [0.29, 0.717) is 11.6 Å². The van der Waals surface area contributed by atoms with E-state index in [9.17, 15) is 8.42 Å². The number of aryl methyl sites for hydroxylation is 1. The largest absolute Gasteiger partial charge is 0.283 e. The van der Waals surface area contributed by atoms with Gasteiger partial charge in [-0.25, -0.2) is 8.42 Å². The van der Waals surface area contributed by atoms with Crippen molar-refractivity contribution in [2.75, 3.05) is 16.4 Å². The van der Waals surface area contributed by atoms with Crippen molar-refractivity contribution in [2.24, 2.45) is 5.92 Å². The molecule has 0 fully saturated rings.